The average Bonchev–Trinajstić information content (AvgIpc) is 1.96. The Morgan fingerprint density at radius 3 is 2.31 bits per heavy atom. The van der Waals surface area contributed by atoms with Crippen molar-refractivity contribution in [2.24, 2.45) is 5.73 Å². The second kappa shape index (κ2) is 5.44. The minimum atomic E-state index is -4.11. The van der Waals surface area contributed by atoms with Gasteiger partial charge in [-0.3, -0.25) is 4.90 Å². The smallest absolute Gasteiger partial charge is 0.330 e. The normalized spacial score (nSPS) is 15.0. The van der Waals surface area contributed by atoms with Crippen LogP contribution in [0.3, 0.4) is 0 Å². The summed E-state index contributed by atoms with van der Waals surface area (Å²) >= 11 is 0. The van der Waals surface area contributed by atoms with E-state index in [1.165, 1.54) is 11.9 Å². The summed E-state index contributed by atoms with van der Waals surface area (Å²) in [6.45, 7) is 1.46. The van der Waals surface area contributed by atoms with Gasteiger partial charge < -0.3 is 5.73 Å². The van der Waals surface area contributed by atoms with Crippen molar-refractivity contribution in [3.05, 3.63) is 0 Å². The summed E-state index contributed by atoms with van der Waals surface area (Å²) in [5.41, 5.74) is 5.26. The molecule has 0 radical (unpaired) electrons. The van der Waals surface area contributed by atoms with E-state index in [9.17, 15) is 13.2 Å². The average molecular weight is 198 g/mol. The van der Waals surface area contributed by atoms with Gasteiger partial charge in [0.05, 0.1) is 6.54 Å². The zero-order valence-corrected chi connectivity index (χ0v) is 8.06. The molecule has 0 rings (SSSR count). The predicted octanol–water partition coefficient (Wildman–Crippen LogP) is 1.61. The van der Waals surface area contributed by atoms with Gasteiger partial charge in [-0.1, -0.05) is 0 Å². The minimum Gasteiger partial charge on any atom is -0.330 e. The Morgan fingerprint density at radius 1 is 1.38 bits per heavy atom. The van der Waals surface area contributed by atoms with Crippen LogP contribution in [0.4, 0.5) is 13.2 Å². The van der Waals surface area contributed by atoms with E-state index in [1.807, 2.05) is 0 Å². The number of halogens is 3. The molecule has 1 unspecified atom stereocenters. The van der Waals surface area contributed by atoms with Crippen molar-refractivity contribution in [3.8, 4) is 0 Å². The predicted molar refractivity (Wildman–Crippen MR) is 46.4 cm³/mol. The molecule has 2 nitrogen and oxygen atoms in total. The Balaban J connectivity index is 3.75. The summed E-state index contributed by atoms with van der Waals surface area (Å²) in [6.07, 6.45) is -2.63. The van der Waals surface area contributed by atoms with Crippen molar-refractivity contribution < 1.29 is 13.2 Å². The van der Waals surface area contributed by atoms with Crippen LogP contribution in [0.25, 0.3) is 0 Å². The van der Waals surface area contributed by atoms with Gasteiger partial charge in [-0.15, -0.1) is 0 Å². The molecule has 13 heavy (non-hydrogen) atoms. The molecular weight excluding hydrogens is 181 g/mol. The summed E-state index contributed by atoms with van der Waals surface area (Å²) in [7, 11) is 1.48. The van der Waals surface area contributed by atoms with Crippen LogP contribution in [-0.2, 0) is 0 Å². The van der Waals surface area contributed by atoms with Crippen LogP contribution in [0.2, 0.25) is 0 Å². The molecule has 0 fully saturated rings. The summed E-state index contributed by atoms with van der Waals surface area (Å²) in [5, 5.41) is 0. The Bertz CT molecular complexity index is 136. The Morgan fingerprint density at radius 2 is 1.92 bits per heavy atom. The van der Waals surface area contributed by atoms with Crippen LogP contribution in [0, 0.1) is 0 Å². The zero-order valence-electron chi connectivity index (χ0n) is 8.06. The summed E-state index contributed by atoms with van der Waals surface area (Å²) in [4.78, 5) is 1.30. The SMILES string of the molecule is CC(CCCN)N(C)CC(F)(F)F. The van der Waals surface area contributed by atoms with Gasteiger partial charge >= 0.3 is 6.18 Å². The topological polar surface area (TPSA) is 29.3 Å². The lowest BCUT2D eigenvalue weighted by molar-refractivity contribution is -0.147. The van der Waals surface area contributed by atoms with Crippen LogP contribution in [-0.4, -0.2) is 37.3 Å². The molecule has 0 aromatic carbocycles. The van der Waals surface area contributed by atoms with Gasteiger partial charge in [-0.25, -0.2) is 0 Å². The molecule has 2 N–H and O–H groups in total. The van der Waals surface area contributed by atoms with E-state index < -0.39 is 12.7 Å². The lowest BCUT2D eigenvalue weighted by Gasteiger charge is -2.25. The molecule has 80 valence electrons. The first-order chi connectivity index (χ1) is 5.87. The highest BCUT2D eigenvalue weighted by Crippen LogP contribution is 2.17. The molecule has 0 aromatic heterocycles. The molecule has 0 heterocycles. The van der Waals surface area contributed by atoms with Crippen LogP contribution in [0.1, 0.15) is 19.8 Å². The van der Waals surface area contributed by atoms with Gasteiger partial charge in [0.2, 0.25) is 0 Å². The molecular formula is C8H17F3N2. The maximum Gasteiger partial charge on any atom is 0.401 e. The largest absolute Gasteiger partial charge is 0.401 e. The van der Waals surface area contributed by atoms with Crippen molar-refractivity contribution in [3.63, 3.8) is 0 Å². The highest BCUT2D eigenvalue weighted by atomic mass is 19.4. The van der Waals surface area contributed by atoms with Crippen molar-refractivity contribution in [1.82, 2.24) is 4.90 Å². The Labute approximate surface area is 76.9 Å². The number of hydrogen-bond acceptors (Lipinski definition) is 2. The fourth-order valence-electron chi connectivity index (χ4n) is 1.07. The fraction of sp³-hybridized carbons (Fsp3) is 1.00. The quantitative estimate of drug-likeness (QED) is 0.727. The molecule has 0 aromatic rings. The van der Waals surface area contributed by atoms with Crippen LogP contribution < -0.4 is 5.73 Å². The highest BCUT2D eigenvalue weighted by Gasteiger charge is 2.30. The first-order valence-corrected chi connectivity index (χ1v) is 4.34. The second-order valence-corrected chi connectivity index (χ2v) is 3.31. The van der Waals surface area contributed by atoms with Gasteiger partial charge in [0.15, 0.2) is 0 Å². The zero-order chi connectivity index (χ0) is 10.5. The lowest BCUT2D eigenvalue weighted by Crippen LogP contribution is -2.37. The molecule has 0 spiro atoms. The van der Waals surface area contributed by atoms with Gasteiger partial charge in [0.25, 0.3) is 0 Å². The van der Waals surface area contributed by atoms with Crippen LogP contribution >= 0.6 is 0 Å². The van der Waals surface area contributed by atoms with Crippen molar-refractivity contribution >= 4 is 0 Å². The molecule has 0 saturated carbocycles. The molecule has 0 aliphatic rings. The van der Waals surface area contributed by atoms with Gasteiger partial charge in [0.1, 0.15) is 0 Å². The van der Waals surface area contributed by atoms with Crippen molar-refractivity contribution in [1.29, 1.82) is 0 Å². The van der Waals surface area contributed by atoms with E-state index in [0.29, 0.717) is 13.0 Å². The molecule has 0 aliphatic carbocycles. The molecule has 0 bridgehead atoms. The summed E-state index contributed by atoms with van der Waals surface area (Å²) in [6, 6.07) is -0.0647. The van der Waals surface area contributed by atoms with E-state index in [1.54, 1.807) is 6.92 Å². The number of nitrogens with zero attached hydrogens (tertiary/aromatic N) is 1. The first-order valence-electron chi connectivity index (χ1n) is 4.34. The molecule has 5 heteroatoms. The van der Waals surface area contributed by atoms with Gasteiger partial charge in [-0.2, -0.15) is 13.2 Å². The van der Waals surface area contributed by atoms with Crippen LogP contribution in [0.15, 0.2) is 0 Å². The highest BCUT2D eigenvalue weighted by molar-refractivity contribution is 4.66. The minimum absolute atomic E-state index is 0.0647. The summed E-state index contributed by atoms with van der Waals surface area (Å²) < 4.78 is 35.8. The number of alkyl halides is 3. The van der Waals surface area contributed by atoms with Crippen LogP contribution in [0.5, 0.6) is 0 Å². The van der Waals surface area contributed by atoms with Crippen molar-refractivity contribution in [2.75, 3.05) is 20.1 Å². The van der Waals surface area contributed by atoms with E-state index in [4.69, 9.17) is 5.73 Å². The molecule has 0 aliphatic heterocycles. The third-order valence-corrected chi connectivity index (χ3v) is 2.01. The maximum absolute atomic E-state index is 11.9. The van der Waals surface area contributed by atoms with Gasteiger partial charge in [-0.05, 0) is 33.4 Å². The Hall–Kier alpha value is -0.290. The number of hydrogen-bond donors (Lipinski definition) is 1. The standard InChI is InChI=1S/C8H17F3N2/c1-7(4-3-5-12)13(2)6-8(9,10)11/h7H,3-6,12H2,1-2H3. The maximum atomic E-state index is 11.9. The van der Waals surface area contributed by atoms with E-state index >= 15 is 0 Å². The monoisotopic (exact) mass is 198 g/mol. The van der Waals surface area contributed by atoms with E-state index in [2.05, 4.69) is 0 Å². The molecule has 0 amide bonds. The number of nitrogens with two attached hydrogens (primary N) is 1. The Kier molecular flexibility index (Phi) is 5.32. The molecule has 0 saturated heterocycles. The summed E-state index contributed by atoms with van der Waals surface area (Å²) in [5.74, 6) is 0. The van der Waals surface area contributed by atoms with Crippen molar-refractivity contribution in [2.45, 2.75) is 32.0 Å². The van der Waals surface area contributed by atoms with E-state index in [-0.39, 0.29) is 6.04 Å². The molecule has 1 atom stereocenters. The third-order valence-electron chi connectivity index (χ3n) is 2.01. The van der Waals surface area contributed by atoms with E-state index in [0.717, 1.165) is 6.42 Å². The van der Waals surface area contributed by atoms with Gasteiger partial charge in [0, 0.05) is 6.04 Å². The third kappa shape index (κ3) is 6.83. The first kappa shape index (κ1) is 12.7. The fourth-order valence-corrected chi connectivity index (χ4v) is 1.07. The lowest BCUT2D eigenvalue weighted by atomic mass is 10.1. The number of rotatable bonds is 5. The second-order valence-electron chi connectivity index (χ2n) is 3.31.